The molecule has 9 nitrogen and oxygen atoms in total. The first-order valence-electron chi connectivity index (χ1n) is 7.96. The molecule has 0 aromatic heterocycles. The molecule has 0 spiro atoms. The van der Waals surface area contributed by atoms with Crippen molar-refractivity contribution in [2.75, 3.05) is 13.1 Å². The van der Waals surface area contributed by atoms with Crippen molar-refractivity contribution in [2.24, 2.45) is 17.2 Å². The molecule has 0 heterocycles. The van der Waals surface area contributed by atoms with Crippen molar-refractivity contribution < 1.29 is 37.8 Å². The van der Waals surface area contributed by atoms with Gasteiger partial charge in [-0.1, -0.05) is 6.42 Å². The van der Waals surface area contributed by atoms with Crippen molar-refractivity contribution in [1.29, 1.82) is 0 Å². The highest BCUT2D eigenvalue weighted by molar-refractivity contribution is 5.86. The number of alkyl halides is 3. The second kappa shape index (κ2) is 14.3. The molecule has 2 atom stereocenters. The molecule has 0 aliphatic rings. The van der Waals surface area contributed by atoms with Crippen LogP contribution in [0.5, 0.6) is 0 Å². The van der Waals surface area contributed by atoms with Gasteiger partial charge in [0, 0.05) is 0 Å². The molecule has 0 saturated carbocycles. The average molecular weight is 388 g/mol. The lowest BCUT2D eigenvalue weighted by molar-refractivity contribution is -0.192. The van der Waals surface area contributed by atoms with Gasteiger partial charge in [-0.2, -0.15) is 13.2 Å². The van der Waals surface area contributed by atoms with E-state index in [2.05, 4.69) is 5.32 Å². The lowest BCUT2D eigenvalue weighted by Crippen LogP contribution is -2.48. The van der Waals surface area contributed by atoms with Crippen LogP contribution in [-0.4, -0.2) is 59.4 Å². The van der Waals surface area contributed by atoms with Crippen LogP contribution in [0.25, 0.3) is 0 Å². The van der Waals surface area contributed by atoms with Crippen LogP contribution in [0.4, 0.5) is 13.2 Å². The first kappa shape index (κ1) is 26.3. The van der Waals surface area contributed by atoms with Gasteiger partial charge in [-0.3, -0.25) is 4.79 Å². The van der Waals surface area contributed by atoms with Crippen LogP contribution < -0.4 is 22.5 Å². The minimum absolute atomic E-state index is 0.369. The predicted octanol–water partition coefficient (Wildman–Crippen LogP) is -0.226. The van der Waals surface area contributed by atoms with Gasteiger partial charge in [0.25, 0.3) is 0 Å². The molecule has 0 radical (unpaired) electrons. The Morgan fingerprint density at radius 1 is 0.923 bits per heavy atom. The zero-order chi connectivity index (χ0) is 20.8. The number of carbonyl (C=O) groups excluding carboxylic acids is 1. The van der Waals surface area contributed by atoms with Crippen LogP contribution in [0.2, 0.25) is 0 Å². The number of nitrogens with two attached hydrogens (primary N) is 3. The summed E-state index contributed by atoms with van der Waals surface area (Å²) < 4.78 is 31.7. The van der Waals surface area contributed by atoms with Crippen LogP contribution in [0, 0.1) is 0 Å². The number of halogens is 3. The van der Waals surface area contributed by atoms with Gasteiger partial charge < -0.3 is 32.7 Å². The van der Waals surface area contributed by atoms with E-state index in [-0.39, 0.29) is 0 Å². The zero-order valence-electron chi connectivity index (χ0n) is 14.3. The molecule has 154 valence electrons. The van der Waals surface area contributed by atoms with E-state index >= 15 is 0 Å². The van der Waals surface area contributed by atoms with Crippen molar-refractivity contribution >= 4 is 17.8 Å². The van der Waals surface area contributed by atoms with Gasteiger partial charge in [0.15, 0.2) is 0 Å². The molecule has 0 aliphatic heterocycles. The van der Waals surface area contributed by atoms with E-state index in [0.29, 0.717) is 32.4 Å². The fraction of sp³-hybridized carbons (Fsp3) is 0.786. The number of carboxylic acids is 2. The molecule has 26 heavy (non-hydrogen) atoms. The van der Waals surface area contributed by atoms with Gasteiger partial charge in [-0.15, -0.1) is 0 Å². The van der Waals surface area contributed by atoms with E-state index in [1.807, 2.05) is 0 Å². The number of carbonyl (C=O) groups is 3. The third kappa shape index (κ3) is 14.4. The Hall–Kier alpha value is -1.92. The maximum absolute atomic E-state index is 11.7. The molecule has 0 aromatic rings. The zero-order valence-corrected chi connectivity index (χ0v) is 14.3. The average Bonchev–Trinajstić information content (AvgIpc) is 2.53. The molecule has 1 amide bonds. The maximum Gasteiger partial charge on any atom is 0.490 e. The molecule has 0 bridgehead atoms. The Kier molecular flexibility index (Phi) is 14.4. The summed E-state index contributed by atoms with van der Waals surface area (Å²) in [4.78, 5) is 31.6. The molecule has 0 fully saturated rings. The van der Waals surface area contributed by atoms with Crippen LogP contribution in [0.1, 0.15) is 38.5 Å². The monoisotopic (exact) mass is 388 g/mol. The van der Waals surface area contributed by atoms with E-state index in [0.717, 1.165) is 19.3 Å². The smallest absolute Gasteiger partial charge is 0.480 e. The summed E-state index contributed by atoms with van der Waals surface area (Å²) in [6.45, 7) is 1.07. The molecule has 0 saturated heterocycles. The van der Waals surface area contributed by atoms with Gasteiger partial charge in [-0.25, -0.2) is 9.59 Å². The number of amides is 1. The second-order valence-corrected chi connectivity index (χ2v) is 5.38. The van der Waals surface area contributed by atoms with Crippen LogP contribution in [0.15, 0.2) is 0 Å². The highest BCUT2D eigenvalue weighted by Gasteiger charge is 2.38. The number of rotatable bonds is 11. The quantitative estimate of drug-likeness (QED) is 0.262. The number of unbranched alkanes of at least 4 members (excludes halogenated alkanes) is 2. The molecular weight excluding hydrogens is 361 g/mol. The van der Waals surface area contributed by atoms with Crippen LogP contribution in [-0.2, 0) is 14.4 Å². The van der Waals surface area contributed by atoms with Gasteiger partial charge in [0.05, 0.1) is 6.04 Å². The summed E-state index contributed by atoms with van der Waals surface area (Å²) in [5, 5.41) is 18.6. The number of hydrogen-bond donors (Lipinski definition) is 6. The Bertz CT molecular complexity index is 435. The summed E-state index contributed by atoms with van der Waals surface area (Å²) in [5.74, 6) is -4.22. The number of hydrogen-bond acceptors (Lipinski definition) is 6. The molecular formula is C14H27F3N4O5. The first-order chi connectivity index (χ1) is 12.0. The largest absolute Gasteiger partial charge is 0.490 e. The van der Waals surface area contributed by atoms with E-state index in [9.17, 15) is 22.8 Å². The molecule has 0 unspecified atom stereocenters. The second-order valence-electron chi connectivity index (χ2n) is 5.38. The summed E-state index contributed by atoms with van der Waals surface area (Å²) in [6.07, 6.45) is -1.24. The standard InChI is InChI=1S/C12H26N4O3.C2HF3O2/c13-7-3-1-5-9(15)11(17)16-10(12(18)19)6-2-4-8-14;3-2(4,5)1(6)7/h9-10H,1-8,13-15H2,(H,16,17)(H,18,19);(H,6,7)/t9-,10-;/m1./s1. The normalized spacial score (nSPS) is 13.2. The number of carboxylic acid groups (broad SMARTS) is 2. The van der Waals surface area contributed by atoms with E-state index < -0.39 is 36.1 Å². The van der Waals surface area contributed by atoms with Crippen molar-refractivity contribution in [3.05, 3.63) is 0 Å². The minimum Gasteiger partial charge on any atom is -0.480 e. The Labute approximate surface area is 149 Å². The number of aliphatic carboxylic acids is 2. The molecule has 9 N–H and O–H groups in total. The fourth-order valence-corrected chi connectivity index (χ4v) is 1.67. The van der Waals surface area contributed by atoms with Gasteiger partial charge >= 0.3 is 18.1 Å². The van der Waals surface area contributed by atoms with Gasteiger partial charge in [0.2, 0.25) is 5.91 Å². The predicted molar refractivity (Wildman–Crippen MR) is 87.0 cm³/mol. The SMILES string of the molecule is NCCCC[C@@H](N)C(=O)N[C@H](CCCCN)C(=O)O.O=C(O)C(F)(F)F. The van der Waals surface area contributed by atoms with E-state index in [1.54, 1.807) is 0 Å². The van der Waals surface area contributed by atoms with E-state index in [4.69, 9.17) is 32.2 Å². The first-order valence-corrected chi connectivity index (χ1v) is 7.96. The molecule has 12 heteroatoms. The van der Waals surface area contributed by atoms with Gasteiger partial charge in [0.1, 0.15) is 6.04 Å². The topological polar surface area (TPSA) is 182 Å². The third-order valence-electron chi connectivity index (χ3n) is 3.11. The molecule has 0 aromatic carbocycles. The summed E-state index contributed by atoms with van der Waals surface area (Å²) in [6, 6.07) is -1.57. The van der Waals surface area contributed by atoms with Gasteiger partial charge in [-0.05, 0) is 45.2 Å². The van der Waals surface area contributed by atoms with Crippen LogP contribution >= 0.6 is 0 Å². The maximum atomic E-state index is 11.7. The summed E-state index contributed by atoms with van der Waals surface area (Å²) in [5.41, 5.74) is 16.4. The lowest BCUT2D eigenvalue weighted by atomic mass is 10.1. The van der Waals surface area contributed by atoms with E-state index in [1.165, 1.54) is 0 Å². The fourth-order valence-electron chi connectivity index (χ4n) is 1.67. The Morgan fingerprint density at radius 2 is 1.35 bits per heavy atom. The highest BCUT2D eigenvalue weighted by atomic mass is 19.4. The third-order valence-corrected chi connectivity index (χ3v) is 3.11. The van der Waals surface area contributed by atoms with Crippen molar-refractivity contribution in [1.82, 2.24) is 5.32 Å². The summed E-state index contributed by atoms with van der Waals surface area (Å²) in [7, 11) is 0. The minimum atomic E-state index is -5.08. The van der Waals surface area contributed by atoms with Crippen molar-refractivity contribution in [3.8, 4) is 0 Å². The lowest BCUT2D eigenvalue weighted by Gasteiger charge is -2.17. The summed E-state index contributed by atoms with van der Waals surface area (Å²) >= 11 is 0. The van der Waals surface area contributed by atoms with Crippen LogP contribution in [0.3, 0.4) is 0 Å². The molecule has 0 aliphatic carbocycles. The van der Waals surface area contributed by atoms with Crippen molar-refractivity contribution in [3.63, 3.8) is 0 Å². The molecule has 0 rings (SSSR count). The highest BCUT2D eigenvalue weighted by Crippen LogP contribution is 2.13. The Balaban J connectivity index is 0. The Morgan fingerprint density at radius 3 is 1.69 bits per heavy atom. The number of nitrogens with one attached hydrogen (secondary N) is 1. The van der Waals surface area contributed by atoms with Crippen molar-refractivity contribution in [2.45, 2.75) is 56.8 Å².